The summed E-state index contributed by atoms with van der Waals surface area (Å²) < 4.78 is 4.96. The van der Waals surface area contributed by atoms with Crippen molar-refractivity contribution in [1.29, 1.82) is 0 Å². The summed E-state index contributed by atoms with van der Waals surface area (Å²) in [4.78, 5) is 36.7. The number of rotatable bonds is 3. The highest BCUT2D eigenvalue weighted by Gasteiger charge is 2.27. The summed E-state index contributed by atoms with van der Waals surface area (Å²) in [6.07, 6.45) is 1.75. The molecule has 8 heteroatoms. The quantitative estimate of drug-likeness (QED) is 0.813. The molecule has 0 unspecified atom stereocenters. The molecule has 22 heavy (non-hydrogen) atoms. The van der Waals surface area contributed by atoms with Gasteiger partial charge >= 0.3 is 6.09 Å². The first-order chi connectivity index (χ1) is 10.5. The summed E-state index contributed by atoms with van der Waals surface area (Å²) in [6.45, 7) is 3.27. The third-order valence-corrected chi connectivity index (χ3v) is 3.83. The second-order valence-electron chi connectivity index (χ2n) is 5.40. The Hall–Kier alpha value is -2.12. The van der Waals surface area contributed by atoms with E-state index in [4.69, 9.17) is 4.74 Å². The summed E-state index contributed by atoms with van der Waals surface area (Å²) in [5.41, 5.74) is 0.384. The molecule has 0 aromatic heterocycles. The molecule has 1 fully saturated rings. The Morgan fingerprint density at radius 2 is 2.00 bits per heavy atom. The minimum atomic E-state index is -0.302. The SMILES string of the molecule is CCOC(=O)N1CCC(NC(=O)C2=NN(C)C(=O)CC2)CC1. The number of hydrazone groups is 1. The standard InChI is InChI=1S/C14H22N4O4/c1-3-22-14(21)18-8-6-10(7-9-18)15-13(20)11-4-5-12(19)17(2)16-11/h10H,3-9H2,1-2H3,(H,15,20). The fraction of sp³-hybridized carbons (Fsp3) is 0.714. The van der Waals surface area contributed by atoms with Crippen LogP contribution in [0.4, 0.5) is 4.79 Å². The molecule has 0 atom stereocenters. The Morgan fingerprint density at radius 1 is 1.32 bits per heavy atom. The molecule has 2 heterocycles. The van der Waals surface area contributed by atoms with Gasteiger partial charge in [0.25, 0.3) is 5.91 Å². The van der Waals surface area contributed by atoms with Gasteiger partial charge in [-0.25, -0.2) is 9.80 Å². The van der Waals surface area contributed by atoms with Gasteiger partial charge in [0.05, 0.1) is 6.61 Å². The number of amides is 3. The van der Waals surface area contributed by atoms with Gasteiger partial charge in [0.1, 0.15) is 5.71 Å². The first-order valence-electron chi connectivity index (χ1n) is 7.58. The van der Waals surface area contributed by atoms with E-state index in [0.717, 1.165) is 0 Å². The fourth-order valence-electron chi connectivity index (χ4n) is 2.52. The van der Waals surface area contributed by atoms with Crippen molar-refractivity contribution in [1.82, 2.24) is 15.2 Å². The van der Waals surface area contributed by atoms with E-state index in [1.807, 2.05) is 0 Å². The van der Waals surface area contributed by atoms with Crippen molar-refractivity contribution in [2.24, 2.45) is 5.10 Å². The molecule has 2 aliphatic heterocycles. The maximum atomic E-state index is 12.2. The van der Waals surface area contributed by atoms with Gasteiger partial charge in [-0.3, -0.25) is 9.59 Å². The second-order valence-corrected chi connectivity index (χ2v) is 5.40. The van der Waals surface area contributed by atoms with Crippen LogP contribution in [0.2, 0.25) is 0 Å². The van der Waals surface area contributed by atoms with Crippen LogP contribution in [0.15, 0.2) is 5.10 Å². The molecule has 8 nitrogen and oxygen atoms in total. The molecule has 2 aliphatic rings. The average molecular weight is 310 g/mol. The highest BCUT2D eigenvalue weighted by Crippen LogP contribution is 2.13. The van der Waals surface area contributed by atoms with Crippen molar-refractivity contribution in [3.63, 3.8) is 0 Å². The summed E-state index contributed by atoms with van der Waals surface area (Å²) in [5.74, 6) is -0.312. The van der Waals surface area contributed by atoms with Crippen LogP contribution in [-0.4, -0.2) is 66.3 Å². The molecule has 0 radical (unpaired) electrons. The molecule has 1 N–H and O–H groups in total. The summed E-state index contributed by atoms with van der Waals surface area (Å²) in [7, 11) is 1.55. The highest BCUT2D eigenvalue weighted by atomic mass is 16.6. The lowest BCUT2D eigenvalue weighted by atomic mass is 10.0. The molecule has 0 spiro atoms. The molecular weight excluding hydrogens is 288 g/mol. The van der Waals surface area contributed by atoms with Gasteiger partial charge in [0.15, 0.2) is 0 Å². The zero-order valence-corrected chi connectivity index (χ0v) is 13.0. The normalized spacial score (nSPS) is 19.7. The summed E-state index contributed by atoms with van der Waals surface area (Å²) in [5, 5.41) is 8.14. The van der Waals surface area contributed by atoms with Gasteiger partial charge < -0.3 is 15.0 Å². The maximum Gasteiger partial charge on any atom is 0.409 e. The molecular formula is C14H22N4O4. The number of nitrogens with one attached hydrogen (secondary N) is 1. The smallest absolute Gasteiger partial charge is 0.409 e. The predicted octanol–water partition coefficient (Wildman–Crippen LogP) is 0.332. The van der Waals surface area contributed by atoms with Gasteiger partial charge in [0, 0.05) is 39.0 Å². The third kappa shape index (κ3) is 3.96. The van der Waals surface area contributed by atoms with E-state index in [1.54, 1.807) is 18.9 Å². The van der Waals surface area contributed by atoms with E-state index >= 15 is 0 Å². The first-order valence-corrected chi connectivity index (χ1v) is 7.58. The monoisotopic (exact) mass is 310 g/mol. The number of likely N-dealkylation sites (tertiary alicyclic amines) is 1. The number of nitrogens with zero attached hydrogens (tertiary/aromatic N) is 3. The Kier molecular flexibility index (Phi) is 5.35. The maximum absolute atomic E-state index is 12.2. The van der Waals surface area contributed by atoms with Crippen LogP contribution in [0.3, 0.4) is 0 Å². The largest absolute Gasteiger partial charge is 0.450 e. The first kappa shape index (κ1) is 16.3. The van der Waals surface area contributed by atoms with Crippen molar-refractivity contribution in [2.75, 3.05) is 26.7 Å². The topological polar surface area (TPSA) is 91.3 Å². The number of hydrogen-bond acceptors (Lipinski definition) is 5. The number of carbonyl (C=O) groups is 3. The van der Waals surface area contributed by atoms with Crippen LogP contribution in [0.1, 0.15) is 32.6 Å². The molecule has 0 aliphatic carbocycles. The molecule has 3 amide bonds. The average Bonchev–Trinajstić information content (AvgIpc) is 2.51. The Labute approximate surface area is 129 Å². The fourth-order valence-corrected chi connectivity index (χ4v) is 2.52. The van der Waals surface area contributed by atoms with E-state index in [2.05, 4.69) is 10.4 Å². The van der Waals surface area contributed by atoms with Crippen molar-refractivity contribution in [2.45, 2.75) is 38.6 Å². The zero-order valence-electron chi connectivity index (χ0n) is 13.0. The van der Waals surface area contributed by atoms with Gasteiger partial charge in [-0.1, -0.05) is 0 Å². The van der Waals surface area contributed by atoms with Crippen LogP contribution < -0.4 is 5.32 Å². The molecule has 0 aromatic carbocycles. The summed E-state index contributed by atoms with van der Waals surface area (Å²) in [6, 6.07) is 0.0174. The van der Waals surface area contributed by atoms with Crippen molar-refractivity contribution in [3.8, 4) is 0 Å². The Bertz CT molecular complexity index is 483. The van der Waals surface area contributed by atoms with E-state index < -0.39 is 0 Å². The van der Waals surface area contributed by atoms with Gasteiger partial charge in [0.2, 0.25) is 5.91 Å². The minimum Gasteiger partial charge on any atom is -0.450 e. The molecule has 0 saturated carbocycles. The molecule has 0 aromatic rings. The zero-order chi connectivity index (χ0) is 16.1. The molecule has 1 saturated heterocycles. The van der Waals surface area contributed by atoms with Gasteiger partial charge in [-0.2, -0.15) is 5.10 Å². The van der Waals surface area contributed by atoms with E-state index in [9.17, 15) is 14.4 Å². The minimum absolute atomic E-state index is 0.0174. The van der Waals surface area contributed by atoms with Crippen molar-refractivity contribution in [3.05, 3.63) is 0 Å². The third-order valence-electron chi connectivity index (χ3n) is 3.83. The second kappa shape index (κ2) is 7.24. The van der Waals surface area contributed by atoms with Crippen LogP contribution in [0.5, 0.6) is 0 Å². The lowest BCUT2D eigenvalue weighted by Gasteiger charge is -2.31. The van der Waals surface area contributed by atoms with Crippen LogP contribution >= 0.6 is 0 Å². The van der Waals surface area contributed by atoms with E-state index in [1.165, 1.54) is 5.01 Å². The highest BCUT2D eigenvalue weighted by molar-refractivity contribution is 6.39. The Balaban J connectivity index is 1.81. The number of piperidine rings is 1. The number of carbonyl (C=O) groups excluding carboxylic acids is 3. The summed E-state index contributed by atoms with van der Waals surface area (Å²) >= 11 is 0. The van der Waals surface area contributed by atoms with Gasteiger partial charge in [-0.05, 0) is 19.8 Å². The number of hydrogen-bond donors (Lipinski definition) is 1. The van der Waals surface area contributed by atoms with Crippen LogP contribution in [0, 0.1) is 0 Å². The van der Waals surface area contributed by atoms with Crippen LogP contribution in [0.25, 0.3) is 0 Å². The van der Waals surface area contributed by atoms with E-state index in [-0.39, 0.29) is 23.9 Å². The number of ether oxygens (including phenoxy) is 1. The predicted molar refractivity (Wildman–Crippen MR) is 79.2 cm³/mol. The lowest BCUT2D eigenvalue weighted by molar-refractivity contribution is -0.130. The molecule has 0 bridgehead atoms. The lowest BCUT2D eigenvalue weighted by Crippen LogP contribution is -2.49. The van der Waals surface area contributed by atoms with Crippen LogP contribution in [-0.2, 0) is 14.3 Å². The van der Waals surface area contributed by atoms with E-state index in [0.29, 0.717) is 51.1 Å². The Morgan fingerprint density at radius 3 is 2.59 bits per heavy atom. The molecule has 2 rings (SSSR count). The molecule has 122 valence electrons. The van der Waals surface area contributed by atoms with Crippen molar-refractivity contribution < 1.29 is 19.1 Å². The van der Waals surface area contributed by atoms with Crippen molar-refractivity contribution >= 4 is 23.6 Å². The van der Waals surface area contributed by atoms with Gasteiger partial charge in [-0.15, -0.1) is 0 Å².